The number of ether oxygens (including phenoxy) is 1. The molecule has 0 bridgehead atoms. The van der Waals surface area contributed by atoms with Crippen LogP contribution in [0.5, 0.6) is 5.75 Å². The number of carbonyl (C=O) groups is 1. The van der Waals surface area contributed by atoms with E-state index in [0.717, 1.165) is 41.8 Å². The van der Waals surface area contributed by atoms with Crippen molar-refractivity contribution >= 4 is 11.6 Å². The summed E-state index contributed by atoms with van der Waals surface area (Å²) in [6.07, 6.45) is 16.4. The van der Waals surface area contributed by atoms with Crippen LogP contribution in [0.3, 0.4) is 0 Å². The number of anilines is 1. The minimum absolute atomic E-state index is 0.0565. The van der Waals surface area contributed by atoms with Crippen molar-refractivity contribution < 1.29 is 13.9 Å². The van der Waals surface area contributed by atoms with Crippen LogP contribution >= 0.6 is 0 Å². The molecular weight excluding hydrogens is 534 g/mol. The molecule has 0 aliphatic rings. The second-order valence-electron chi connectivity index (χ2n) is 11.3. The number of hydrogen-bond donors (Lipinski definition) is 1. The molecule has 1 aromatic heterocycles. The molecule has 3 aromatic rings. The number of unbranched alkanes of at least 4 members (excludes halogenated alkanes) is 9. The molecule has 0 unspecified atom stereocenters. The Balaban J connectivity index is 1.92. The van der Waals surface area contributed by atoms with Gasteiger partial charge in [0.1, 0.15) is 17.1 Å². The molecule has 1 N–H and O–H groups in total. The van der Waals surface area contributed by atoms with Crippen molar-refractivity contribution in [1.29, 1.82) is 0 Å². The zero-order valence-corrected chi connectivity index (χ0v) is 26.9. The summed E-state index contributed by atoms with van der Waals surface area (Å²) < 4.78 is 11.9. The van der Waals surface area contributed by atoms with E-state index in [1.807, 2.05) is 56.3 Å². The maximum Gasteiger partial charge on any atom is 0.263 e. The fourth-order valence-corrected chi connectivity index (χ4v) is 5.70. The van der Waals surface area contributed by atoms with E-state index in [9.17, 15) is 9.59 Å². The Kier molecular flexibility index (Phi) is 14.3. The molecule has 0 saturated carbocycles. The number of amides is 1. The maximum absolute atomic E-state index is 14.2. The number of allylic oxidation sites excluding steroid dienone is 1. The molecule has 0 aliphatic heterocycles. The summed E-state index contributed by atoms with van der Waals surface area (Å²) in [4.78, 5) is 28.3. The second-order valence-corrected chi connectivity index (χ2v) is 11.3. The van der Waals surface area contributed by atoms with Gasteiger partial charge in [-0.15, -0.1) is 6.58 Å². The molecule has 5 heteroatoms. The quantitative estimate of drug-likeness (QED) is 0.112. The zero-order valence-electron chi connectivity index (χ0n) is 26.9. The van der Waals surface area contributed by atoms with E-state index >= 15 is 0 Å². The van der Waals surface area contributed by atoms with Gasteiger partial charge in [0, 0.05) is 23.2 Å². The monoisotopic (exact) mass is 585 g/mol. The van der Waals surface area contributed by atoms with Gasteiger partial charge in [-0.05, 0) is 48.9 Å². The van der Waals surface area contributed by atoms with Crippen LogP contribution in [-0.4, -0.2) is 13.0 Å². The van der Waals surface area contributed by atoms with Gasteiger partial charge in [-0.3, -0.25) is 9.59 Å². The highest BCUT2D eigenvalue weighted by Gasteiger charge is 2.26. The van der Waals surface area contributed by atoms with Gasteiger partial charge in [0.15, 0.2) is 5.76 Å². The number of rotatable bonds is 19. The Morgan fingerprint density at radius 2 is 1.47 bits per heavy atom. The summed E-state index contributed by atoms with van der Waals surface area (Å²) in [5.74, 6) is 1.20. The van der Waals surface area contributed by atoms with Gasteiger partial charge in [0.05, 0.1) is 7.11 Å². The van der Waals surface area contributed by atoms with Gasteiger partial charge < -0.3 is 14.5 Å². The first-order chi connectivity index (χ1) is 21.0. The number of hydrogen-bond acceptors (Lipinski definition) is 4. The molecule has 5 nitrogen and oxygen atoms in total. The summed E-state index contributed by atoms with van der Waals surface area (Å²) in [5.41, 5.74) is 3.75. The van der Waals surface area contributed by atoms with E-state index in [0.29, 0.717) is 48.3 Å². The Bertz CT molecular complexity index is 1350. The van der Waals surface area contributed by atoms with Crippen molar-refractivity contribution in [2.24, 2.45) is 0 Å². The third kappa shape index (κ3) is 9.44. The standard InChI is InChI=1S/C38H51NO4/c1-6-10-11-12-13-14-15-16-17-21-25-32-33(22-7-2)43-37(30-23-19-18-20-24-30)34(36(32)40)38(41)39-35-28(8-3)26-31(42-5)27-29(35)9-4/h7,18-20,23-24,26-27H,2,6,8-17,21-22,25H2,1,3-5H3,(H,39,41). The molecule has 2 aromatic carbocycles. The highest BCUT2D eigenvalue weighted by Crippen LogP contribution is 2.31. The van der Waals surface area contributed by atoms with Crippen molar-refractivity contribution in [2.45, 2.75) is 111 Å². The third-order valence-electron chi connectivity index (χ3n) is 8.17. The van der Waals surface area contributed by atoms with Crippen LogP contribution in [0.25, 0.3) is 11.3 Å². The van der Waals surface area contributed by atoms with Gasteiger partial charge in [0.2, 0.25) is 5.43 Å². The Labute approximate surface area is 258 Å². The molecule has 0 spiro atoms. The van der Waals surface area contributed by atoms with E-state index in [-0.39, 0.29) is 11.0 Å². The molecule has 232 valence electrons. The highest BCUT2D eigenvalue weighted by atomic mass is 16.5. The minimum Gasteiger partial charge on any atom is -0.497 e. The molecule has 0 aliphatic carbocycles. The SMILES string of the molecule is C=CCc1oc(-c2ccccc2)c(C(=O)Nc2c(CC)cc(OC)cc2CC)c(=O)c1CCCCCCCCCCCC. The van der Waals surface area contributed by atoms with Gasteiger partial charge >= 0.3 is 0 Å². The molecular formula is C38H51NO4. The first-order valence-corrected chi connectivity index (χ1v) is 16.3. The Hall–Kier alpha value is -3.60. The van der Waals surface area contributed by atoms with Crippen molar-refractivity contribution in [3.63, 3.8) is 0 Å². The smallest absolute Gasteiger partial charge is 0.263 e. The van der Waals surface area contributed by atoms with Gasteiger partial charge in [0.25, 0.3) is 5.91 Å². The van der Waals surface area contributed by atoms with Gasteiger partial charge in [-0.25, -0.2) is 0 Å². The summed E-state index contributed by atoms with van der Waals surface area (Å²) in [5, 5.41) is 3.11. The topological polar surface area (TPSA) is 68.5 Å². The van der Waals surface area contributed by atoms with Crippen molar-refractivity contribution in [2.75, 3.05) is 12.4 Å². The molecule has 43 heavy (non-hydrogen) atoms. The lowest BCUT2D eigenvalue weighted by atomic mass is 9.97. The van der Waals surface area contributed by atoms with Crippen LogP contribution in [0.1, 0.15) is 118 Å². The van der Waals surface area contributed by atoms with Crippen LogP contribution in [-0.2, 0) is 25.7 Å². The van der Waals surface area contributed by atoms with Crippen LogP contribution < -0.4 is 15.5 Å². The number of benzene rings is 2. The van der Waals surface area contributed by atoms with E-state index in [2.05, 4.69) is 18.8 Å². The first-order valence-electron chi connectivity index (χ1n) is 16.3. The highest BCUT2D eigenvalue weighted by molar-refractivity contribution is 6.08. The molecule has 0 radical (unpaired) electrons. The van der Waals surface area contributed by atoms with E-state index in [1.54, 1.807) is 13.2 Å². The van der Waals surface area contributed by atoms with Crippen LogP contribution in [0.2, 0.25) is 0 Å². The van der Waals surface area contributed by atoms with Gasteiger partial charge in [-0.2, -0.15) is 0 Å². The summed E-state index contributed by atoms with van der Waals surface area (Å²) in [7, 11) is 1.64. The lowest BCUT2D eigenvalue weighted by molar-refractivity contribution is 0.102. The lowest BCUT2D eigenvalue weighted by Gasteiger charge is -2.18. The minimum atomic E-state index is -0.448. The van der Waals surface area contributed by atoms with E-state index in [4.69, 9.17) is 9.15 Å². The Morgan fingerprint density at radius 1 is 0.884 bits per heavy atom. The molecule has 0 saturated heterocycles. The number of carbonyl (C=O) groups excluding carboxylic acids is 1. The first kappa shape index (κ1) is 33.9. The zero-order chi connectivity index (χ0) is 31.0. The molecule has 1 heterocycles. The second kappa shape index (κ2) is 18.1. The van der Waals surface area contributed by atoms with E-state index < -0.39 is 5.91 Å². The van der Waals surface area contributed by atoms with E-state index in [1.165, 1.54) is 44.9 Å². The van der Waals surface area contributed by atoms with Crippen molar-refractivity contribution in [3.8, 4) is 17.1 Å². The molecule has 0 atom stereocenters. The number of nitrogens with one attached hydrogen (secondary N) is 1. The van der Waals surface area contributed by atoms with Crippen LogP contribution in [0.4, 0.5) is 5.69 Å². The number of aryl methyl sites for hydroxylation is 2. The van der Waals surface area contributed by atoms with Gasteiger partial charge in [-0.1, -0.05) is 115 Å². The Morgan fingerprint density at radius 3 is 2.00 bits per heavy atom. The summed E-state index contributed by atoms with van der Waals surface area (Å²) in [6.45, 7) is 10.2. The molecule has 3 rings (SSSR count). The largest absolute Gasteiger partial charge is 0.497 e. The fraction of sp³-hybridized carbons (Fsp3) is 0.474. The fourth-order valence-electron chi connectivity index (χ4n) is 5.70. The summed E-state index contributed by atoms with van der Waals surface area (Å²) in [6, 6.07) is 13.3. The average molecular weight is 586 g/mol. The molecule has 0 fully saturated rings. The van der Waals surface area contributed by atoms with Crippen LogP contribution in [0, 0.1) is 0 Å². The van der Waals surface area contributed by atoms with Crippen molar-refractivity contribution in [1.82, 2.24) is 0 Å². The molecule has 1 amide bonds. The predicted molar refractivity (Wildman–Crippen MR) is 180 cm³/mol. The maximum atomic E-state index is 14.2. The predicted octanol–water partition coefficient (Wildman–Crippen LogP) is 9.88. The van der Waals surface area contributed by atoms with Crippen LogP contribution in [0.15, 0.2) is 64.3 Å². The average Bonchev–Trinajstić information content (AvgIpc) is 3.03. The third-order valence-corrected chi connectivity index (χ3v) is 8.17. The normalized spacial score (nSPS) is 11.0. The summed E-state index contributed by atoms with van der Waals surface area (Å²) >= 11 is 0. The van der Waals surface area contributed by atoms with Crippen molar-refractivity contribution in [3.05, 3.63) is 93.4 Å². The number of methoxy groups -OCH3 is 1. The lowest BCUT2D eigenvalue weighted by Crippen LogP contribution is -2.27.